The molecule has 0 amide bonds. The van der Waals surface area contributed by atoms with E-state index in [2.05, 4.69) is 15.2 Å². The predicted molar refractivity (Wildman–Crippen MR) is 75.0 cm³/mol. The number of unbranched alkanes of at least 4 members (excludes halogenated alkanes) is 2. The van der Waals surface area contributed by atoms with Gasteiger partial charge in [-0.15, -0.1) is 0 Å². The van der Waals surface area contributed by atoms with Gasteiger partial charge in [0.05, 0.1) is 7.11 Å². The highest BCUT2D eigenvalue weighted by molar-refractivity contribution is 5.55. The minimum Gasteiger partial charge on any atom is -0.497 e. The third kappa shape index (κ3) is 3.79. The summed E-state index contributed by atoms with van der Waals surface area (Å²) in [5.74, 6) is 2.50. The number of nitrogens with two attached hydrogens (primary N) is 1. The van der Waals surface area contributed by atoms with Gasteiger partial charge in [0, 0.05) is 12.0 Å². The Labute approximate surface area is 113 Å². The molecule has 102 valence electrons. The molecule has 2 rings (SSSR count). The number of rotatable bonds is 7. The molecule has 0 bridgehead atoms. The highest BCUT2D eigenvalue weighted by atomic mass is 16.5. The van der Waals surface area contributed by atoms with Crippen molar-refractivity contribution in [3.8, 4) is 17.1 Å². The average molecular weight is 260 g/mol. The van der Waals surface area contributed by atoms with Gasteiger partial charge in [0.15, 0.2) is 5.82 Å². The summed E-state index contributed by atoms with van der Waals surface area (Å²) < 4.78 is 5.13. The van der Waals surface area contributed by atoms with Gasteiger partial charge in [-0.1, -0.05) is 6.42 Å². The van der Waals surface area contributed by atoms with Gasteiger partial charge in [0.2, 0.25) is 0 Å². The zero-order chi connectivity index (χ0) is 13.5. The molecule has 0 unspecified atom stereocenters. The Kier molecular flexibility index (Phi) is 4.92. The zero-order valence-electron chi connectivity index (χ0n) is 11.2. The Hall–Kier alpha value is -1.88. The fraction of sp³-hybridized carbons (Fsp3) is 0.429. The quantitative estimate of drug-likeness (QED) is 0.748. The Bertz CT molecular complexity index is 492. The first-order valence-electron chi connectivity index (χ1n) is 6.59. The Balaban J connectivity index is 1.95. The van der Waals surface area contributed by atoms with Gasteiger partial charge in [0.1, 0.15) is 11.6 Å². The molecule has 2 aromatic rings. The van der Waals surface area contributed by atoms with E-state index in [-0.39, 0.29) is 0 Å². The Morgan fingerprint density at radius 1 is 1.16 bits per heavy atom. The van der Waals surface area contributed by atoms with Crippen LogP contribution in [0.3, 0.4) is 0 Å². The molecule has 5 nitrogen and oxygen atoms in total. The maximum Gasteiger partial charge on any atom is 0.181 e. The summed E-state index contributed by atoms with van der Waals surface area (Å²) in [6.07, 6.45) is 4.21. The minimum atomic E-state index is 0.733. The maximum atomic E-state index is 5.47. The molecular formula is C14H20N4O. The largest absolute Gasteiger partial charge is 0.497 e. The van der Waals surface area contributed by atoms with Crippen LogP contribution in [-0.4, -0.2) is 28.8 Å². The molecule has 1 aromatic carbocycles. The number of ether oxygens (including phenoxy) is 1. The number of aromatic amines is 1. The molecule has 0 aliphatic carbocycles. The molecule has 0 radical (unpaired) electrons. The van der Waals surface area contributed by atoms with Crippen LogP contribution in [0.2, 0.25) is 0 Å². The van der Waals surface area contributed by atoms with Gasteiger partial charge >= 0.3 is 0 Å². The topological polar surface area (TPSA) is 76.8 Å². The number of hydrogen-bond acceptors (Lipinski definition) is 4. The van der Waals surface area contributed by atoms with Crippen molar-refractivity contribution >= 4 is 0 Å². The highest BCUT2D eigenvalue weighted by Gasteiger charge is 2.05. The lowest BCUT2D eigenvalue weighted by atomic mass is 10.2. The molecular weight excluding hydrogens is 240 g/mol. The SMILES string of the molecule is COc1ccc(-c2n[nH]c(CCCCCN)n2)cc1. The van der Waals surface area contributed by atoms with Crippen molar-refractivity contribution in [3.63, 3.8) is 0 Å². The normalized spacial score (nSPS) is 10.6. The van der Waals surface area contributed by atoms with Crippen LogP contribution in [0.25, 0.3) is 11.4 Å². The van der Waals surface area contributed by atoms with Crippen LogP contribution in [0.5, 0.6) is 5.75 Å². The fourth-order valence-corrected chi connectivity index (χ4v) is 1.89. The van der Waals surface area contributed by atoms with E-state index in [4.69, 9.17) is 10.5 Å². The molecule has 0 fully saturated rings. The van der Waals surface area contributed by atoms with Crippen LogP contribution >= 0.6 is 0 Å². The molecule has 3 N–H and O–H groups in total. The lowest BCUT2D eigenvalue weighted by molar-refractivity contribution is 0.415. The van der Waals surface area contributed by atoms with Gasteiger partial charge in [-0.25, -0.2) is 4.98 Å². The van der Waals surface area contributed by atoms with Crippen molar-refractivity contribution in [1.82, 2.24) is 15.2 Å². The third-order valence-electron chi connectivity index (χ3n) is 3.00. The number of aromatic nitrogens is 3. The lowest BCUT2D eigenvalue weighted by Gasteiger charge is -1.99. The number of nitrogens with one attached hydrogen (secondary N) is 1. The summed E-state index contributed by atoms with van der Waals surface area (Å²) in [6, 6.07) is 7.74. The second kappa shape index (κ2) is 6.89. The van der Waals surface area contributed by atoms with Crippen LogP contribution in [0, 0.1) is 0 Å². The standard InChI is InChI=1S/C14H20N4O/c1-19-12-8-6-11(7-9-12)14-16-13(17-18-14)5-3-2-4-10-15/h6-9H,2-5,10,15H2,1H3,(H,16,17,18). The molecule has 0 saturated heterocycles. The molecule has 19 heavy (non-hydrogen) atoms. The minimum absolute atomic E-state index is 0.733. The van der Waals surface area contributed by atoms with Gasteiger partial charge < -0.3 is 10.5 Å². The van der Waals surface area contributed by atoms with Gasteiger partial charge in [-0.05, 0) is 43.7 Å². The van der Waals surface area contributed by atoms with Crippen LogP contribution < -0.4 is 10.5 Å². The average Bonchev–Trinajstić information content (AvgIpc) is 2.92. The fourth-order valence-electron chi connectivity index (χ4n) is 1.89. The highest BCUT2D eigenvalue weighted by Crippen LogP contribution is 2.19. The number of benzene rings is 1. The van der Waals surface area contributed by atoms with E-state index in [1.165, 1.54) is 0 Å². The first kappa shape index (κ1) is 13.5. The molecule has 0 saturated carbocycles. The van der Waals surface area contributed by atoms with Crippen molar-refractivity contribution in [2.45, 2.75) is 25.7 Å². The summed E-state index contributed by atoms with van der Waals surface area (Å²) >= 11 is 0. The molecule has 0 atom stereocenters. The van der Waals surface area contributed by atoms with E-state index in [0.717, 1.165) is 55.2 Å². The van der Waals surface area contributed by atoms with Crippen LogP contribution in [0.1, 0.15) is 25.1 Å². The summed E-state index contributed by atoms with van der Waals surface area (Å²) in [5.41, 5.74) is 6.46. The number of nitrogens with zero attached hydrogens (tertiary/aromatic N) is 2. The molecule has 5 heteroatoms. The molecule has 0 spiro atoms. The third-order valence-corrected chi connectivity index (χ3v) is 3.00. The Morgan fingerprint density at radius 3 is 2.63 bits per heavy atom. The van der Waals surface area contributed by atoms with Crippen molar-refractivity contribution < 1.29 is 4.74 Å². The van der Waals surface area contributed by atoms with Crippen molar-refractivity contribution in [1.29, 1.82) is 0 Å². The van der Waals surface area contributed by atoms with Crippen LogP contribution in [0.4, 0.5) is 0 Å². The first-order chi connectivity index (χ1) is 9.33. The number of aryl methyl sites for hydroxylation is 1. The molecule has 1 heterocycles. The van der Waals surface area contributed by atoms with E-state index >= 15 is 0 Å². The second-order valence-corrected chi connectivity index (χ2v) is 4.43. The smallest absolute Gasteiger partial charge is 0.181 e. The van der Waals surface area contributed by atoms with E-state index < -0.39 is 0 Å². The molecule has 0 aliphatic heterocycles. The van der Waals surface area contributed by atoms with Gasteiger partial charge in [0.25, 0.3) is 0 Å². The van der Waals surface area contributed by atoms with E-state index in [9.17, 15) is 0 Å². The van der Waals surface area contributed by atoms with Crippen molar-refractivity contribution in [2.75, 3.05) is 13.7 Å². The summed E-state index contributed by atoms with van der Waals surface area (Å²) in [4.78, 5) is 4.49. The zero-order valence-corrected chi connectivity index (χ0v) is 11.2. The van der Waals surface area contributed by atoms with Crippen molar-refractivity contribution in [2.24, 2.45) is 5.73 Å². The predicted octanol–water partition coefficient (Wildman–Crippen LogP) is 2.15. The maximum absolute atomic E-state index is 5.47. The molecule has 0 aliphatic rings. The summed E-state index contributed by atoms with van der Waals surface area (Å²) in [6.45, 7) is 0.757. The second-order valence-electron chi connectivity index (χ2n) is 4.43. The van der Waals surface area contributed by atoms with E-state index in [1.54, 1.807) is 7.11 Å². The van der Waals surface area contributed by atoms with Crippen LogP contribution in [0.15, 0.2) is 24.3 Å². The monoisotopic (exact) mass is 260 g/mol. The number of H-pyrrole nitrogens is 1. The number of methoxy groups -OCH3 is 1. The lowest BCUT2D eigenvalue weighted by Crippen LogP contribution is -1.98. The van der Waals surface area contributed by atoms with Gasteiger partial charge in [-0.2, -0.15) is 5.10 Å². The first-order valence-corrected chi connectivity index (χ1v) is 6.59. The summed E-state index contributed by atoms with van der Waals surface area (Å²) in [7, 11) is 1.65. The molecule has 1 aromatic heterocycles. The number of hydrogen-bond donors (Lipinski definition) is 2. The van der Waals surface area contributed by atoms with Gasteiger partial charge in [-0.3, -0.25) is 5.10 Å². The Morgan fingerprint density at radius 2 is 1.95 bits per heavy atom. The van der Waals surface area contributed by atoms with Crippen molar-refractivity contribution in [3.05, 3.63) is 30.1 Å². The summed E-state index contributed by atoms with van der Waals surface area (Å²) in [5, 5.41) is 7.23. The van der Waals surface area contributed by atoms with E-state index in [1.807, 2.05) is 24.3 Å². The van der Waals surface area contributed by atoms with Crippen LogP contribution in [-0.2, 0) is 6.42 Å². The van der Waals surface area contributed by atoms with E-state index in [0.29, 0.717) is 0 Å².